The predicted molar refractivity (Wildman–Crippen MR) is 172 cm³/mol. The van der Waals surface area contributed by atoms with E-state index in [-0.39, 0.29) is 28.7 Å². The van der Waals surface area contributed by atoms with Crippen molar-refractivity contribution in [3.05, 3.63) is 47.6 Å². The molecule has 1 N–H and O–H groups in total. The van der Waals surface area contributed by atoms with Crippen LogP contribution in [0.1, 0.15) is 125 Å². The molecule has 1 aromatic carbocycles. The highest BCUT2D eigenvalue weighted by Crippen LogP contribution is 2.76. The van der Waals surface area contributed by atoms with Crippen molar-refractivity contribution in [1.82, 2.24) is 0 Å². The number of carbonyl (C=O) groups excluding carboxylic acids is 1. The number of fused-ring (bicyclic) bond motifs is 7. The molecule has 0 aromatic heterocycles. The smallest absolute Gasteiger partial charge is 0.331 e. The molecular weight excluding hydrogens is 516 g/mol. The number of phenols is 1. The second-order valence-electron chi connectivity index (χ2n) is 17.5. The van der Waals surface area contributed by atoms with Gasteiger partial charge in [-0.2, -0.15) is 0 Å². The normalized spacial score (nSPS) is 43.8. The lowest BCUT2D eigenvalue weighted by molar-refractivity contribution is -0.232. The Morgan fingerprint density at radius 3 is 2.19 bits per heavy atom. The number of hydrogen-bond acceptors (Lipinski definition) is 3. The topological polar surface area (TPSA) is 46.5 Å². The fourth-order valence-corrected chi connectivity index (χ4v) is 11.7. The van der Waals surface area contributed by atoms with Gasteiger partial charge in [-0.1, -0.05) is 79.2 Å². The van der Waals surface area contributed by atoms with E-state index >= 15 is 0 Å². The van der Waals surface area contributed by atoms with Crippen molar-refractivity contribution in [2.45, 2.75) is 126 Å². The van der Waals surface area contributed by atoms with Crippen molar-refractivity contribution in [3.8, 4) is 5.75 Å². The third-order valence-corrected chi connectivity index (χ3v) is 14.5. The van der Waals surface area contributed by atoms with Gasteiger partial charge in [0.25, 0.3) is 0 Å². The SMILES string of the molecule is CC1(C)C=C2C3CCC4[C@@]5(C)CC[C@H](OC(=O)/C=C\c6ccc(O)cc6)C(C)(C)C5CC[C@@]4(C)[C@]3(C)CC[C@@]2(C)CC1. The number of hydrogen-bond donors (Lipinski definition) is 1. The van der Waals surface area contributed by atoms with Crippen molar-refractivity contribution < 1.29 is 14.6 Å². The number of rotatable bonds is 3. The van der Waals surface area contributed by atoms with Gasteiger partial charge in [0, 0.05) is 11.5 Å². The first-order valence-corrected chi connectivity index (χ1v) is 17.0. The third-order valence-electron chi connectivity index (χ3n) is 14.5. The molecule has 8 atom stereocenters. The first-order valence-electron chi connectivity index (χ1n) is 17.0. The molecule has 3 heteroatoms. The maximum Gasteiger partial charge on any atom is 0.331 e. The lowest BCUT2D eigenvalue weighted by Crippen LogP contribution is -2.66. The summed E-state index contributed by atoms with van der Waals surface area (Å²) in [6, 6.07) is 6.89. The number of phenolic OH excluding ortho intramolecular Hbond substituents is 1. The summed E-state index contributed by atoms with van der Waals surface area (Å²) in [5.41, 5.74) is 4.36. The molecule has 42 heavy (non-hydrogen) atoms. The van der Waals surface area contributed by atoms with Gasteiger partial charge in [-0.25, -0.2) is 4.79 Å². The summed E-state index contributed by atoms with van der Waals surface area (Å²) >= 11 is 0. The molecule has 230 valence electrons. The van der Waals surface area contributed by atoms with Crippen molar-refractivity contribution in [2.75, 3.05) is 0 Å². The molecule has 0 bridgehead atoms. The second-order valence-corrected chi connectivity index (χ2v) is 17.5. The predicted octanol–water partition coefficient (Wildman–Crippen LogP) is 10.1. The van der Waals surface area contributed by atoms with E-state index in [1.165, 1.54) is 51.4 Å². The zero-order chi connectivity index (χ0) is 30.3. The van der Waals surface area contributed by atoms with Crippen LogP contribution in [-0.4, -0.2) is 17.2 Å². The molecule has 1 aromatic rings. The van der Waals surface area contributed by atoms with Gasteiger partial charge >= 0.3 is 5.97 Å². The maximum atomic E-state index is 13.0. The number of carbonyl (C=O) groups is 1. The molecule has 0 aliphatic heterocycles. The fraction of sp³-hybridized carbons (Fsp3) is 0.718. The summed E-state index contributed by atoms with van der Waals surface area (Å²) in [6.07, 6.45) is 18.7. The molecule has 0 heterocycles. The van der Waals surface area contributed by atoms with Crippen LogP contribution >= 0.6 is 0 Å². The van der Waals surface area contributed by atoms with Crippen LogP contribution in [0.5, 0.6) is 5.75 Å². The van der Waals surface area contributed by atoms with Gasteiger partial charge in [0.15, 0.2) is 0 Å². The van der Waals surface area contributed by atoms with Crippen molar-refractivity contribution in [1.29, 1.82) is 0 Å². The van der Waals surface area contributed by atoms with E-state index in [0.717, 1.165) is 30.2 Å². The van der Waals surface area contributed by atoms with Crippen molar-refractivity contribution >= 4 is 12.0 Å². The average molecular weight is 573 g/mol. The quantitative estimate of drug-likeness (QED) is 0.223. The van der Waals surface area contributed by atoms with Gasteiger partial charge in [0.2, 0.25) is 0 Å². The van der Waals surface area contributed by atoms with Crippen LogP contribution in [0.4, 0.5) is 0 Å². The van der Waals surface area contributed by atoms with Crippen LogP contribution in [0.15, 0.2) is 42.0 Å². The monoisotopic (exact) mass is 572 g/mol. The minimum atomic E-state index is -0.257. The Kier molecular flexibility index (Phi) is 6.96. The first-order chi connectivity index (χ1) is 19.5. The van der Waals surface area contributed by atoms with Crippen LogP contribution in [0.25, 0.3) is 6.08 Å². The summed E-state index contributed by atoms with van der Waals surface area (Å²) in [6.45, 7) is 20.3. The summed E-state index contributed by atoms with van der Waals surface area (Å²) in [5.74, 6) is 1.97. The van der Waals surface area contributed by atoms with Gasteiger partial charge in [-0.3, -0.25) is 0 Å². The van der Waals surface area contributed by atoms with Crippen LogP contribution in [-0.2, 0) is 9.53 Å². The largest absolute Gasteiger partial charge is 0.508 e. The van der Waals surface area contributed by atoms with E-state index in [1.807, 2.05) is 17.7 Å². The number of benzene rings is 1. The van der Waals surface area contributed by atoms with Crippen molar-refractivity contribution in [3.63, 3.8) is 0 Å². The number of allylic oxidation sites excluding steroid dienone is 2. The van der Waals surface area contributed by atoms with E-state index in [0.29, 0.717) is 27.6 Å². The molecule has 5 aliphatic carbocycles. The summed E-state index contributed by atoms with van der Waals surface area (Å²) < 4.78 is 6.22. The van der Waals surface area contributed by atoms with E-state index in [1.54, 1.807) is 24.3 Å². The Morgan fingerprint density at radius 2 is 1.48 bits per heavy atom. The Labute approximate surface area is 255 Å². The Morgan fingerprint density at radius 1 is 0.786 bits per heavy atom. The van der Waals surface area contributed by atoms with Crippen LogP contribution in [0, 0.1) is 50.2 Å². The molecule has 3 unspecified atom stereocenters. The average Bonchev–Trinajstić information content (AvgIpc) is 2.91. The minimum absolute atomic E-state index is 0.0603. The van der Waals surface area contributed by atoms with Gasteiger partial charge in [-0.15, -0.1) is 0 Å². The Hall–Kier alpha value is -2.03. The molecule has 4 fully saturated rings. The number of aromatic hydroxyl groups is 1. The summed E-state index contributed by atoms with van der Waals surface area (Å²) in [7, 11) is 0. The van der Waals surface area contributed by atoms with Gasteiger partial charge in [-0.05, 0) is 133 Å². The fourth-order valence-electron chi connectivity index (χ4n) is 11.7. The zero-order valence-electron chi connectivity index (χ0n) is 27.7. The minimum Gasteiger partial charge on any atom is -0.508 e. The van der Waals surface area contributed by atoms with Gasteiger partial charge < -0.3 is 9.84 Å². The van der Waals surface area contributed by atoms with E-state index < -0.39 is 0 Å². The highest BCUT2D eigenvalue weighted by molar-refractivity contribution is 5.87. The highest BCUT2D eigenvalue weighted by atomic mass is 16.5. The molecule has 3 nitrogen and oxygen atoms in total. The Balaban J connectivity index is 1.23. The lowest BCUT2D eigenvalue weighted by Gasteiger charge is -2.72. The molecule has 0 amide bonds. The van der Waals surface area contributed by atoms with E-state index in [2.05, 4.69) is 61.5 Å². The maximum absolute atomic E-state index is 13.0. The lowest BCUT2D eigenvalue weighted by atomic mass is 9.32. The van der Waals surface area contributed by atoms with E-state index in [9.17, 15) is 9.90 Å². The molecule has 0 spiro atoms. The second kappa shape index (κ2) is 9.73. The zero-order valence-corrected chi connectivity index (χ0v) is 27.7. The standard InChI is InChI=1S/C39H56O3/c1-34(2)21-22-36(5)23-24-38(7)28(29(36)25-34)14-15-31-37(6)19-18-32(35(3,4)30(37)17-20-39(31,38)8)42-33(41)16-11-26-9-12-27(40)13-10-26/h9-13,16,25,28,30-32,40H,14-15,17-24H2,1-8H3/b16-11-/t28?,30?,31?,32-,36+,37-,38+,39+/m0/s1. The van der Waals surface area contributed by atoms with Gasteiger partial charge in [0.05, 0.1) is 0 Å². The molecule has 5 aliphatic rings. The van der Waals surface area contributed by atoms with E-state index in [4.69, 9.17) is 4.74 Å². The number of esters is 1. The van der Waals surface area contributed by atoms with Crippen molar-refractivity contribution in [2.24, 2.45) is 50.2 Å². The summed E-state index contributed by atoms with van der Waals surface area (Å²) in [4.78, 5) is 13.0. The third kappa shape index (κ3) is 4.45. The first kappa shape index (κ1) is 30.0. The van der Waals surface area contributed by atoms with Gasteiger partial charge in [0.1, 0.15) is 11.9 Å². The van der Waals surface area contributed by atoms with Crippen LogP contribution < -0.4 is 0 Å². The molecule has 0 saturated heterocycles. The molecule has 6 rings (SSSR count). The molecule has 0 radical (unpaired) electrons. The summed E-state index contributed by atoms with van der Waals surface area (Å²) in [5, 5.41) is 9.54. The molecule has 4 saturated carbocycles. The van der Waals surface area contributed by atoms with Crippen LogP contribution in [0.3, 0.4) is 0 Å². The highest BCUT2D eigenvalue weighted by Gasteiger charge is 2.69. The molecular formula is C39H56O3. The number of ether oxygens (including phenoxy) is 1. The Bertz CT molecular complexity index is 1280. The van der Waals surface area contributed by atoms with Crippen LogP contribution in [0.2, 0.25) is 0 Å².